The molecule has 3 aromatic heterocycles. The Labute approximate surface area is 356 Å². The Bertz CT molecular complexity index is 4600. The van der Waals surface area contributed by atoms with Gasteiger partial charge in [-0.1, -0.05) is 139 Å². The maximum Gasteiger partial charge on any atom is 0.0645 e. The molecule has 266 valence electrons. The number of rotatable bonds is 5. The Kier molecular flexibility index (Phi) is 4.01. The van der Waals surface area contributed by atoms with Gasteiger partial charge in [-0.05, 0) is 89.3 Å². The van der Waals surface area contributed by atoms with Crippen molar-refractivity contribution in [2.75, 3.05) is 0 Å². The molecule has 0 fully saturated rings. The molecule has 0 bridgehead atoms. The lowest BCUT2D eigenvalue weighted by Crippen LogP contribution is -1.97. The van der Waals surface area contributed by atoms with Crippen LogP contribution in [0.4, 0.5) is 0 Å². The highest BCUT2D eigenvalue weighted by molar-refractivity contribution is 6.17. The number of benzene rings is 9. The summed E-state index contributed by atoms with van der Waals surface area (Å²) in [5, 5.41) is 0.319. The van der Waals surface area contributed by atoms with Crippen LogP contribution in [-0.4, -0.2) is 13.7 Å². The van der Waals surface area contributed by atoms with Gasteiger partial charge in [0.05, 0.1) is 70.5 Å². The van der Waals surface area contributed by atoms with E-state index in [1.807, 2.05) is 65.2 Å². The summed E-state index contributed by atoms with van der Waals surface area (Å²) in [6, 6.07) is 16.1. The second-order valence-electron chi connectivity index (χ2n) is 13.4. The second kappa shape index (κ2) is 12.5. The molecule has 0 N–H and O–H groups in total. The summed E-state index contributed by atoms with van der Waals surface area (Å²) in [6.45, 7) is 0. The molecule has 57 heavy (non-hydrogen) atoms. The number of aromatic nitrogens is 3. The average Bonchev–Trinajstić information content (AvgIpc) is 4.22. The fourth-order valence-corrected chi connectivity index (χ4v) is 8.07. The topological polar surface area (TPSA) is 14.8 Å². The molecule has 3 nitrogen and oxygen atoms in total. The summed E-state index contributed by atoms with van der Waals surface area (Å²) in [6.07, 6.45) is 0. The van der Waals surface area contributed by atoms with Gasteiger partial charge in [0.1, 0.15) is 0 Å². The van der Waals surface area contributed by atoms with Gasteiger partial charge in [-0.2, -0.15) is 0 Å². The van der Waals surface area contributed by atoms with Gasteiger partial charge in [0.2, 0.25) is 0 Å². The maximum atomic E-state index is 10.1. The quantitative estimate of drug-likeness (QED) is 0.167. The standard InChI is InChI=1S/C54H35N3/c1-3-16-36(17-4-1)40-20-7-11-24-46(40)56-47-25-12-8-21-41(47)44-34-37(30-32-50(44)56)38-31-33-51-45(35-38)42-22-9-13-26-48(42)57(51)53-29-15-28-52-54(53)43-23-10-14-27-49(43)55(52)39-18-5-2-6-19-39/h1-35H/i1D,3D,4D,8D,9D,12D,13D,16D,17D,21D,22D,25D,26D,30D,31D,32D,33D,34D,35D. The molecule has 0 saturated heterocycles. The predicted molar refractivity (Wildman–Crippen MR) is 240 cm³/mol. The SMILES string of the molecule is [2H]c1c([2H])c([2H])c(-c2ccccc2-n2c3c([2H])c([2H])c([2H])c([2H])c3c3c([2H])c(-c4c([2H])c([2H])c5c(c4[2H])c4c([2H])c([2H])c([2H])c([2H])c4n5-c4cccc5c4c4ccccc4n5-c4ccccc4)c([2H])c([2H])c32)c([2H])c1[2H]. The number of nitrogens with zero attached hydrogens (tertiary/aromatic N) is 3. The lowest BCUT2D eigenvalue weighted by atomic mass is 10.0. The largest absolute Gasteiger partial charge is 0.309 e. The minimum atomic E-state index is -0.776. The van der Waals surface area contributed by atoms with Gasteiger partial charge in [0.15, 0.2) is 0 Å². The summed E-state index contributed by atoms with van der Waals surface area (Å²) in [5.41, 5.74) is 0.383. The molecule has 0 amide bonds. The number of para-hydroxylation sites is 5. The van der Waals surface area contributed by atoms with Crippen molar-refractivity contribution in [3.63, 3.8) is 0 Å². The molecule has 3 heteroatoms. The smallest absolute Gasteiger partial charge is 0.0645 e. The summed E-state index contributed by atoms with van der Waals surface area (Å²) in [5.74, 6) is 0. The van der Waals surface area contributed by atoms with Gasteiger partial charge in [0, 0.05) is 43.6 Å². The van der Waals surface area contributed by atoms with Crippen LogP contribution in [0.15, 0.2) is 212 Å². The van der Waals surface area contributed by atoms with E-state index >= 15 is 0 Å². The Hall–Kier alpha value is -7.62. The van der Waals surface area contributed by atoms with E-state index in [0.717, 1.165) is 16.6 Å². The van der Waals surface area contributed by atoms with Crippen LogP contribution in [0.3, 0.4) is 0 Å². The highest BCUT2D eigenvalue weighted by atomic mass is 15.0. The minimum absolute atomic E-state index is 0.0142. The Morgan fingerprint density at radius 3 is 1.58 bits per heavy atom. The van der Waals surface area contributed by atoms with E-state index in [1.54, 1.807) is 12.1 Å². The Balaban J connectivity index is 1.23. The van der Waals surface area contributed by atoms with Crippen LogP contribution in [0, 0.1) is 0 Å². The van der Waals surface area contributed by atoms with E-state index in [1.165, 1.54) is 33.4 Å². The predicted octanol–water partition coefficient (Wildman–Crippen LogP) is 14.3. The third kappa shape index (κ3) is 4.73. The van der Waals surface area contributed by atoms with Gasteiger partial charge in [-0.15, -0.1) is 0 Å². The highest BCUT2D eigenvalue weighted by Gasteiger charge is 2.21. The monoisotopic (exact) mass is 744 g/mol. The fraction of sp³-hybridized carbons (Fsp3) is 0. The first-order valence-electron chi connectivity index (χ1n) is 27.6. The highest BCUT2D eigenvalue weighted by Crippen LogP contribution is 2.42. The van der Waals surface area contributed by atoms with E-state index < -0.39 is 126 Å². The molecule has 0 unspecified atom stereocenters. The van der Waals surface area contributed by atoms with Crippen LogP contribution in [-0.2, 0) is 0 Å². The zero-order valence-corrected chi connectivity index (χ0v) is 29.6. The van der Waals surface area contributed by atoms with Crippen LogP contribution >= 0.6 is 0 Å². The average molecular weight is 745 g/mol. The second-order valence-corrected chi connectivity index (χ2v) is 13.4. The zero-order chi connectivity index (χ0) is 54.0. The lowest BCUT2D eigenvalue weighted by Gasteiger charge is -2.14. The van der Waals surface area contributed by atoms with Crippen molar-refractivity contribution in [3.05, 3.63) is 212 Å². The van der Waals surface area contributed by atoms with Crippen molar-refractivity contribution in [1.29, 1.82) is 0 Å². The first kappa shape index (κ1) is 18.3. The summed E-state index contributed by atoms with van der Waals surface area (Å²) < 4.78 is 180. The van der Waals surface area contributed by atoms with Crippen LogP contribution in [0.2, 0.25) is 0 Å². The minimum Gasteiger partial charge on any atom is -0.309 e. The third-order valence-corrected chi connectivity index (χ3v) is 10.4. The van der Waals surface area contributed by atoms with Crippen molar-refractivity contribution in [1.82, 2.24) is 13.7 Å². The van der Waals surface area contributed by atoms with Crippen LogP contribution < -0.4 is 0 Å². The molecule has 9 aromatic carbocycles. The molecule has 0 atom stereocenters. The third-order valence-electron chi connectivity index (χ3n) is 10.4. The molecule has 3 heterocycles. The molecule has 0 aliphatic carbocycles. The first-order valence-corrected chi connectivity index (χ1v) is 18.1. The number of hydrogen-bond acceptors (Lipinski definition) is 0. The molecule has 0 radical (unpaired) electrons. The summed E-state index contributed by atoms with van der Waals surface area (Å²) in [4.78, 5) is 0. The van der Waals surface area contributed by atoms with Crippen molar-refractivity contribution in [3.8, 4) is 39.3 Å². The van der Waals surface area contributed by atoms with E-state index in [9.17, 15) is 13.7 Å². The van der Waals surface area contributed by atoms with E-state index in [0.29, 0.717) is 16.6 Å². The molecular weight excluding hydrogens is 691 g/mol. The lowest BCUT2D eigenvalue weighted by molar-refractivity contribution is 1.17. The number of hydrogen-bond donors (Lipinski definition) is 0. The zero-order valence-electron chi connectivity index (χ0n) is 48.6. The van der Waals surface area contributed by atoms with Crippen molar-refractivity contribution in [2.45, 2.75) is 0 Å². The van der Waals surface area contributed by atoms with Crippen LogP contribution in [0.25, 0.3) is 105 Å². The van der Waals surface area contributed by atoms with Gasteiger partial charge in [0.25, 0.3) is 0 Å². The molecular formula is C54H35N3. The van der Waals surface area contributed by atoms with Gasteiger partial charge in [-0.25, -0.2) is 0 Å². The Morgan fingerprint density at radius 1 is 0.316 bits per heavy atom. The van der Waals surface area contributed by atoms with Gasteiger partial charge < -0.3 is 13.7 Å². The first-order chi connectivity index (χ1) is 36.2. The van der Waals surface area contributed by atoms with Crippen molar-refractivity contribution in [2.24, 2.45) is 0 Å². The van der Waals surface area contributed by atoms with E-state index in [4.69, 9.17) is 12.3 Å². The fourth-order valence-electron chi connectivity index (χ4n) is 8.07. The Morgan fingerprint density at radius 2 is 0.860 bits per heavy atom. The molecule has 0 spiro atoms. The van der Waals surface area contributed by atoms with E-state index in [-0.39, 0.29) is 60.4 Å². The van der Waals surface area contributed by atoms with Crippen molar-refractivity contribution >= 4 is 65.4 Å². The van der Waals surface area contributed by atoms with E-state index in [2.05, 4.69) is 0 Å². The molecule has 0 aliphatic heterocycles. The molecule has 0 saturated carbocycles. The molecule has 0 aliphatic rings. The molecule has 12 aromatic rings. The van der Waals surface area contributed by atoms with Gasteiger partial charge >= 0.3 is 0 Å². The normalized spacial score (nSPS) is 16.5. The van der Waals surface area contributed by atoms with Crippen molar-refractivity contribution < 1.29 is 26.0 Å². The van der Waals surface area contributed by atoms with Gasteiger partial charge in [-0.3, -0.25) is 0 Å². The maximum absolute atomic E-state index is 10.1. The molecule has 12 rings (SSSR count). The van der Waals surface area contributed by atoms with Crippen LogP contribution in [0.5, 0.6) is 0 Å². The summed E-state index contributed by atoms with van der Waals surface area (Å²) in [7, 11) is 0. The van der Waals surface area contributed by atoms with Crippen LogP contribution in [0.1, 0.15) is 26.0 Å². The number of fused-ring (bicyclic) bond motifs is 9. The summed E-state index contributed by atoms with van der Waals surface area (Å²) >= 11 is 0.